The third-order valence-electron chi connectivity index (χ3n) is 6.36. The van der Waals surface area contributed by atoms with Gasteiger partial charge in [0, 0.05) is 0 Å². The van der Waals surface area contributed by atoms with Crippen molar-refractivity contribution < 1.29 is 0 Å². The second kappa shape index (κ2) is 6.54. The van der Waals surface area contributed by atoms with Crippen molar-refractivity contribution in [3.05, 3.63) is 23.8 Å². The molecule has 0 aromatic carbocycles. The molecule has 2 aliphatic carbocycles. The van der Waals surface area contributed by atoms with E-state index in [1.807, 2.05) is 0 Å². The Bertz CT molecular complexity index is 424. The first-order chi connectivity index (χ1) is 10.1. The van der Waals surface area contributed by atoms with E-state index < -0.39 is 0 Å². The molecule has 0 radical (unpaired) electrons. The topological polar surface area (TPSA) is 0 Å². The summed E-state index contributed by atoms with van der Waals surface area (Å²) in [6.45, 7) is 18.9. The SMILES string of the molecule is C=C1C[C@H](C(C)(C)C)CC[C@@H]1CC1=CCC[C@@H](C(C)(C)C)C1. The Hall–Kier alpha value is -0.520. The van der Waals surface area contributed by atoms with Crippen LogP contribution in [-0.2, 0) is 0 Å². The van der Waals surface area contributed by atoms with Gasteiger partial charge in [0.2, 0.25) is 0 Å². The van der Waals surface area contributed by atoms with Crippen molar-refractivity contribution in [2.75, 3.05) is 0 Å². The van der Waals surface area contributed by atoms with Gasteiger partial charge in [-0.2, -0.15) is 0 Å². The zero-order valence-corrected chi connectivity index (χ0v) is 16.0. The number of allylic oxidation sites excluding steroid dienone is 3. The number of hydrogen-bond donors (Lipinski definition) is 0. The maximum Gasteiger partial charge on any atom is -0.0168 e. The van der Waals surface area contributed by atoms with Gasteiger partial charge >= 0.3 is 0 Å². The normalized spacial score (nSPS) is 31.1. The summed E-state index contributed by atoms with van der Waals surface area (Å²) in [5.74, 6) is 2.45. The zero-order chi connectivity index (χ0) is 16.5. The molecule has 1 saturated carbocycles. The van der Waals surface area contributed by atoms with Crippen LogP contribution in [0.1, 0.15) is 86.5 Å². The van der Waals surface area contributed by atoms with Gasteiger partial charge in [-0.15, -0.1) is 0 Å². The van der Waals surface area contributed by atoms with Gasteiger partial charge in [-0.05, 0) is 73.5 Å². The van der Waals surface area contributed by atoms with Crippen molar-refractivity contribution in [1.29, 1.82) is 0 Å². The van der Waals surface area contributed by atoms with Gasteiger partial charge in [-0.3, -0.25) is 0 Å². The van der Waals surface area contributed by atoms with Gasteiger partial charge in [0.25, 0.3) is 0 Å². The van der Waals surface area contributed by atoms with E-state index in [0.717, 1.165) is 17.8 Å². The molecular formula is C22H38. The molecule has 0 aromatic heterocycles. The van der Waals surface area contributed by atoms with E-state index in [1.54, 1.807) is 5.57 Å². The molecule has 0 bridgehead atoms. The third-order valence-corrected chi connectivity index (χ3v) is 6.36. The maximum atomic E-state index is 4.47. The van der Waals surface area contributed by atoms with Gasteiger partial charge < -0.3 is 0 Å². The Kier molecular flexibility index (Phi) is 5.30. The summed E-state index contributed by atoms with van der Waals surface area (Å²) in [6.07, 6.45) is 11.8. The average molecular weight is 303 g/mol. The fourth-order valence-corrected chi connectivity index (χ4v) is 4.39. The summed E-state index contributed by atoms with van der Waals surface area (Å²) < 4.78 is 0. The van der Waals surface area contributed by atoms with Crippen LogP contribution in [0, 0.1) is 28.6 Å². The first kappa shape index (κ1) is 17.8. The molecule has 3 atom stereocenters. The molecule has 0 heterocycles. The fourth-order valence-electron chi connectivity index (χ4n) is 4.39. The molecule has 0 N–H and O–H groups in total. The lowest BCUT2D eigenvalue weighted by molar-refractivity contribution is 0.181. The van der Waals surface area contributed by atoms with Crippen LogP contribution >= 0.6 is 0 Å². The Balaban J connectivity index is 1.92. The third kappa shape index (κ3) is 4.49. The maximum absolute atomic E-state index is 4.47. The van der Waals surface area contributed by atoms with Gasteiger partial charge in [0.05, 0.1) is 0 Å². The lowest BCUT2D eigenvalue weighted by atomic mass is 9.66. The summed E-state index contributed by atoms with van der Waals surface area (Å²) in [4.78, 5) is 0. The van der Waals surface area contributed by atoms with Gasteiger partial charge in [-0.1, -0.05) is 65.3 Å². The van der Waals surface area contributed by atoms with Gasteiger partial charge in [-0.25, -0.2) is 0 Å². The van der Waals surface area contributed by atoms with E-state index in [1.165, 1.54) is 50.5 Å². The highest BCUT2D eigenvalue weighted by atomic mass is 14.4. The molecule has 2 rings (SSSR count). The molecule has 0 aromatic rings. The molecule has 0 spiro atoms. The van der Waals surface area contributed by atoms with E-state index in [0.29, 0.717) is 10.8 Å². The standard InChI is InChI=1S/C22H38/c1-16-13-20(22(5,6)7)12-11-18(16)14-17-9-8-10-19(15-17)21(2,3)4/h9,18-20H,1,8,10-15H2,2-7H3/t18-,19-,20-/m1/s1. The molecule has 126 valence electrons. The Labute approximate surface area is 139 Å². The molecule has 0 heteroatoms. The van der Waals surface area contributed by atoms with Gasteiger partial charge in [0.1, 0.15) is 0 Å². The van der Waals surface area contributed by atoms with Crippen molar-refractivity contribution in [3.8, 4) is 0 Å². The van der Waals surface area contributed by atoms with Crippen LogP contribution in [0.15, 0.2) is 23.8 Å². The molecule has 22 heavy (non-hydrogen) atoms. The summed E-state index contributed by atoms with van der Waals surface area (Å²) in [5, 5.41) is 0. The first-order valence-corrected chi connectivity index (χ1v) is 9.43. The molecule has 0 nitrogen and oxygen atoms in total. The van der Waals surface area contributed by atoms with E-state index >= 15 is 0 Å². The highest BCUT2D eigenvalue weighted by molar-refractivity contribution is 5.16. The minimum Gasteiger partial charge on any atom is -0.0996 e. The predicted molar refractivity (Wildman–Crippen MR) is 98.9 cm³/mol. The molecule has 2 aliphatic rings. The van der Waals surface area contributed by atoms with E-state index in [4.69, 9.17) is 0 Å². The first-order valence-electron chi connectivity index (χ1n) is 9.43. The zero-order valence-electron chi connectivity index (χ0n) is 16.0. The molecule has 0 unspecified atom stereocenters. The van der Waals surface area contributed by atoms with Crippen molar-refractivity contribution in [1.82, 2.24) is 0 Å². The van der Waals surface area contributed by atoms with Crippen LogP contribution in [0.25, 0.3) is 0 Å². The monoisotopic (exact) mass is 302 g/mol. The van der Waals surface area contributed by atoms with Crippen molar-refractivity contribution in [3.63, 3.8) is 0 Å². The van der Waals surface area contributed by atoms with Crippen molar-refractivity contribution >= 4 is 0 Å². The highest BCUT2D eigenvalue weighted by Crippen LogP contribution is 2.45. The predicted octanol–water partition coefficient (Wildman–Crippen LogP) is 7.17. The lowest BCUT2D eigenvalue weighted by Gasteiger charge is -2.40. The van der Waals surface area contributed by atoms with Crippen LogP contribution in [0.2, 0.25) is 0 Å². The summed E-state index contributed by atoms with van der Waals surface area (Å²) in [6, 6.07) is 0. The second-order valence-corrected chi connectivity index (χ2v) is 10.1. The van der Waals surface area contributed by atoms with Crippen molar-refractivity contribution in [2.45, 2.75) is 86.5 Å². The molecule has 0 aliphatic heterocycles. The van der Waals surface area contributed by atoms with E-state index in [-0.39, 0.29) is 0 Å². The lowest BCUT2D eigenvalue weighted by Crippen LogP contribution is -2.28. The van der Waals surface area contributed by atoms with Crippen LogP contribution in [-0.4, -0.2) is 0 Å². The van der Waals surface area contributed by atoms with E-state index in [9.17, 15) is 0 Å². The minimum atomic E-state index is 0.440. The van der Waals surface area contributed by atoms with Crippen LogP contribution in [0.4, 0.5) is 0 Å². The number of rotatable bonds is 2. The molecule has 0 saturated heterocycles. The largest absolute Gasteiger partial charge is 0.0996 e. The Morgan fingerprint density at radius 2 is 1.50 bits per heavy atom. The second-order valence-electron chi connectivity index (χ2n) is 10.1. The van der Waals surface area contributed by atoms with Crippen molar-refractivity contribution in [2.24, 2.45) is 28.6 Å². The molecular weight excluding hydrogens is 264 g/mol. The minimum absolute atomic E-state index is 0.440. The molecule has 0 amide bonds. The average Bonchev–Trinajstić information content (AvgIpc) is 2.39. The summed E-state index contributed by atoms with van der Waals surface area (Å²) >= 11 is 0. The summed E-state index contributed by atoms with van der Waals surface area (Å²) in [7, 11) is 0. The van der Waals surface area contributed by atoms with Crippen LogP contribution in [0.3, 0.4) is 0 Å². The van der Waals surface area contributed by atoms with Crippen LogP contribution in [0.5, 0.6) is 0 Å². The fraction of sp³-hybridized carbons (Fsp3) is 0.818. The Morgan fingerprint density at radius 3 is 2.05 bits per heavy atom. The molecule has 1 fully saturated rings. The van der Waals surface area contributed by atoms with Gasteiger partial charge in [0.15, 0.2) is 0 Å². The smallest absolute Gasteiger partial charge is 0.0168 e. The highest BCUT2D eigenvalue weighted by Gasteiger charge is 2.33. The van der Waals surface area contributed by atoms with E-state index in [2.05, 4.69) is 54.2 Å². The Morgan fingerprint density at radius 1 is 0.909 bits per heavy atom. The van der Waals surface area contributed by atoms with Crippen LogP contribution < -0.4 is 0 Å². The quantitative estimate of drug-likeness (QED) is 0.474. The number of hydrogen-bond acceptors (Lipinski definition) is 0. The summed E-state index contributed by atoms with van der Waals surface area (Å²) in [5.41, 5.74) is 4.16.